The van der Waals surface area contributed by atoms with Crippen LogP contribution in [0, 0.1) is 18.3 Å². The van der Waals surface area contributed by atoms with Gasteiger partial charge in [-0.25, -0.2) is 9.97 Å². The summed E-state index contributed by atoms with van der Waals surface area (Å²) in [6.07, 6.45) is 5.15. The molecule has 7 nitrogen and oxygen atoms in total. The van der Waals surface area contributed by atoms with E-state index in [4.69, 9.17) is 0 Å². The van der Waals surface area contributed by atoms with Crippen LogP contribution in [-0.2, 0) is 7.05 Å². The number of nitrogens with one attached hydrogen (secondary N) is 1. The Morgan fingerprint density at radius 2 is 2.29 bits per heavy atom. The molecule has 0 aliphatic carbocycles. The summed E-state index contributed by atoms with van der Waals surface area (Å²) in [4.78, 5) is 23.0. The minimum absolute atomic E-state index is 0.0158. The van der Waals surface area contributed by atoms with Crippen molar-refractivity contribution < 1.29 is 4.79 Å². The molecule has 1 amide bonds. The van der Waals surface area contributed by atoms with E-state index in [0.29, 0.717) is 23.6 Å². The lowest BCUT2D eigenvalue weighted by atomic mass is 10.0. The molecule has 7 heteroatoms. The third-order valence-corrected chi connectivity index (χ3v) is 4.13. The topological polar surface area (TPSA) is 86.8 Å². The van der Waals surface area contributed by atoms with Crippen molar-refractivity contribution in [3.05, 3.63) is 41.6 Å². The summed E-state index contributed by atoms with van der Waals surface area (Å²) in [5, 5.41) is 12.3. The number of amides is 1. The van der Waals surface area contributed by atoms with E-state index in [1.165, 1.54) is 0 Å². The summed E-state index contributed by atoms with van der Waals surface area (Å²) in [7, 11) is 1.83. The quantitative estimate of drug-likeness (QED) is 0.922. The lowest BCUT2D eigenvalue weighted by Crippen LogP contribution is -2.48. The fraction of sp³-hybridized carbons (Fsp3) is 0.412. The van der Waals surface area contributed by atoms with Crippen molar-refractivity contribution in [2.75, 3.05) is 18.0 Å². The van der Waals surface area contributed by atoms with Crippen molar-refractivity contribution in [3.8, 4) is 6.07 Å². The van der Waals surface area contributed by atoms with Gasteiger partial charge in [-0.2, -0.15) is 5.26 Å². The fourth-order valence-corrected chi connectivity index (χ4v) is 2.95. The van der Waals surface area contributed by atoms with Gasteiger partial charge >= 0.3 is 0 Å². The molecule has 24 heavy (non-hydrogen) atoms. The Kier molecular flexibility index (Phi) is 4.47. The summed E-state index contributed by atoms with van der Waals surface area (Å²) >= 11 is 0. The van der Waals surface area contributed by atoms with Gasteiger partial charge in [-0.15, -0.1) is 0 Å². The van der Waals surface area contributed by atoms with Gasteiger partial charge in [0.25, 0.3) is 5.91 Å². The summed E-state index contributed by atoms with van der Waals surface area (Å²) in [6, 6.07) is 5.85. The molecule has 1 saturated heterocycles. The van der Waals surface area contributed by atoms with Crippen molar-refractivity contribution in [1.82, 2.24) is 19.9 Å². The van der Waals surface area contributed by atoms with Crippen LogP contribution in [-0.4, -0.2) is 39.6 Å². The number of hydrogen-bond acceptors (Lipinski definition) is 5. The normalized spacial score (nSPS) is 17.4. The van der Waals surface area contributed by atoms with Gasteiger partial charge in [-0.1, -0.05) is 0 Å². The van der Waals surface area contributed by atoms with E-state index in [1.54, 1.807) is 23.2 Å². The van der Waals surface area contributed by atoms with E-state index in [2.05, 4.69) is 26.3 Å². The first-order valence-electron chi connectivity index (χ1n) is 7.98. The van der Waals surface area contributed by atoms with Crippen LogP contribution in [0.1, 0.15) is 34.6 Å². The Morgan fingerprint density at radius 3 is 3.00 bits per heavy atom. The van der Waals surface area contributed by atoms with Crippen molar-refractivity contribution >= 4 is 11.7 Å². The minimum Gasteiger partial charge on any atom is -0.353 e. The van der Waals surface area contributed by atoms with Gasteiger partial charge in [0.15, 0.2) is 0 Å². The van der Waals surface area contributed by atoms with Crippen molar-refractivity contribution in [1.29, 1.82) is 5.26 Å². The standard InChI is InChI=1S/C17H20N6O/c1-12-5-6-13(8-18)16(20-12)23-7-3-4-14(9-23)21-17(24)15-10-22(2)11-19-15/h5-6,10-11,14H,3-4,7,9H2,1-2H3,(H,21,24). The molecular formula is C17H20N6O. The van der Waals surface area contributed by atoms with E-state index in [0.717, 1.165) is 25.1 Å². The second kappa shape index (κ2) is 6.71. The molecule has 3 rings (SSSR count). The zero-order valence-corrected chi connectivity index (χ0v) is 13.9. The molecule has 2 aromatic rings. The van der Waals surface area contributed by atoms with Crippen molar-refractivity contribution in [2.24, 2.45) is 7.05 Å². The summed E-state index contributed by atoms with van der Waals surface area (Å²) < 4.78 is 1.75. The maximum atomic E-state index is 12.3. The average molecular weight is 324 g/mol. The molecule has 1 atom stereocenters. The zero-order valence-electron chi connectivity index (χ0n) is 13.9. The van der Waals surface area contributed by atoms with Gasteiger partial charge in [-0.05, 0) is 31.9 Å². The second-order valence-corrected chi connectivity index (χ2v) is 6.12. The van der Waals surface area contributed by atoms with Crippen LogP contribution in [0.15, 0.2) is 24.7 Å². The average Bonchev–Trinajstić information content (AvgIpc) is 3.02. The number of aryl methyl sites for hydroxylation is 2. The lowest BCUT2D eigenvalue weighted by Gasteiger charge is -2.34. The largest absolute Gasteiger partial charge is 0.353 e. The van der Waals surface area contributed by atoms with E-state index in [-0.39, 0.29) is 11.9 Å². The van der Waals surface area contributed by atoms with Crippen LogP contribution >= 0.6 is 0 Å². The highest BCUT2D eigenvalue weighted by Crippen LogP contribution is 2.22. The number of aromatic nitrogens is 3. The third-order valence-electron chi connectivity index (χ3n) is 4.13. The molecule has 1 fully saturated rings. The molecule has 2 aromatic heterocycles. The molecular weight excluding hydrogens is 304 g/mol. The Bertz CT molecular complexity index is 791. The van der Waals surface area contributed by atoms with E-state index >= 15 is 0 Å². The third kappa shape index (κ3) is 3.38. The number of nitriles is 1. The maximum absolute atomic E-state index is 12.3. The number of anilines is 1. The van der Waals surface area contributed by atoms with Crippen LogP contribution in [0.5, 0.6) is 0 Å². The van der Waals surface area contributed by atoms with Crippen molar-refractivity contribution in [3.63, 3.8) is 0 Å². The maximum Gasteiger partial charge on any atom is 0.271 e. The number of piperidine rings is 1. The number of imidazole rings is 1. The van der Waals surface area contributed by atoms with Gasteiger partial charge in [0.2, 0.25) is 0 Å². The monoisotopic (exact) mass is 324 g/mol. The highest BCUT2D eigenvalue weighted by molar-refractivity contribution is 5.92. The van der Waals surface area contributed by atoms with Crippen LogP contribution in [0.2, 0.25) is 0 Å². The van der Waals surface area contributed by atoms with Crippen molar-refractivity contribution in [2.45, 2.75) is 25.8 Å². The van der Waals surface area contributed by atoms with Crippen LogP contribution < -0.4 is 10.2 Å². The van der Waals surface area contributed by atoms with Gasteiger partial charge in [0.1, 0.15) is 17.6 Å². The Morgan fingerprint density at radius 1 is 1.46 bits per heavy atom. The smallest absolute Gasteiger partial charge is 0.271 e. The number of rotatable bonds is 3. The number of nitrogens with zero attached hydrogens (tertiary/aromatic N) is 5. The Hall–Kier alpha value is -2.88. The minimum atomic E-state index is -0.167. The molecule has 124 valence electrons. The molecule has 0 saturated carbocycles. The number of carbonyl (C=O) groups is 1. The highest BCUT2D eigenvalue weighted by atomic mass is 16.2. The number of hydrogen-bond donors (Lipinski definition) is 1. The first-order valence-corrected chi connectivity index (χ1v) is 7.98. The Balaban J connectivity index is 1.72. The Labute approximate surface area is 140 Å². The molecule has 1 aliphatic heterocycles. The molecule has 3 heterocycles. The summed E-state index contributed by atoms with van der Waals surface area (Å²) in [5.74, 6) is 0.537. The molecule has 1 N–H and O–H groups in total. The summed E-state index contributed by atoms with van der Waals surface area (Å²) in [5.41, 5.74) is 1.86. The van der Waals surface area contributed by atoms with Gasteiger partial charge in [0.05, 0.1) is 11.9 Å². The number of carbonyl (C=O) groups excluding carboxylic acids is 1. The predicted molar refractivity (Wildman–Crippen MR) is 89.6 cm³/mol. The summed E-state index contributed by atoms with van der Waals surface area (Å²) in [6.45, 7) is 3.39. The molecule has 0 spiro atoms. The molecule has 0 aromatic carbocycles. The number of pyridine rings is 1. The molecule has 0 radical (unpaired) electrons. The zero-order chi connectivity index (χ0) is 17.1. The van der Waals surface area contributed by atoms with E-state index in [1.807, 2.05) is 20.0 Å². The van der Waals surface area contributed by atoms with Crippen LogP contribution in [0.3, 0.4) is 0 Å². The molecule has 1 aliphatic rings. The van der Waals surface area contributed by atoms with Crippen LogP contribution in [0.25, 0.3) is 0 Å². The molecule has 0 bridgehead atoms. The lowest BCUT2D eigenvalue weighted by molar-refractivity contribution is 0.0928. The van der Waals surface area contributed by atoms with Gasteiger partial charge < -0.3 is 14.8 Å². The molecule has 1 unspecified atom stereocenters. The fourth-order valence-electron chi connectivity index (χ4n) is 2.95. The first kappa shape index (κ1) is 16.0. The second-order valence-electron chi connectivity index (χ2n) is 6.12. The van der Waals surface area contributed by atoms with E-state index in [9.17, 15) is 10.1 Å². The highest BCUT2D eigenvalue weighted by Gasteiger charge is 2.25. The van der Waals surface area contributed by atoms with E-state index < -0.39 is 0 Å². The van der Waals surface area contributed by atoms with Crippen LogP contribution in [0.4, 0.5) is 5.82 Å². The first-order chi connectivity index (χ1) is 11.6. The van der Waals surface area contributed by atoms with Gasteiger partial charge in [0, 0.05) is 38.1 Å². The predicted octanol–water partition coefficient (Wildman–Crippen LogP) is 1.39. The van der Waals surface area contributed by atoms with Gasteiger partial charge in [-0.3, -0.25) is 4.79 Å². The SMILES string of the molecule is Cc1ccc(C#N)c(N2CCCC(NC(=O)c3cn(C)cn3)C2)n1.